The Hall–Kier alpha value is -1.39. The SMILES string of the molecule is CC(C)CCN1C[C@H](CO)N[C@@H](Cc2ccccc2)C1=O. The van der Waals surface area contributed by atoms with Crippen molar-refractivity contribution in [3.05, 3.63) is 35.9 Å². The van der Waals surface area contributed by atoms with Crippen LogP contribution in [0.4, 0.5) is 0 Å². The van der Waals surface area contributed by atoms with E-state index in [1.54, 1.807) is 0 Å². The molecule has 4 heteroatoms. The van der Waals surface area contributed by atoms with Crippen LogP contribution in [0.25, 0.3) is 0 Å². The molecule has 0 aliphatic carbocycles. The molecular formula is C17H26N2O2. The van der Waals surface area contributed by atoms with Crippen LogP contribution in [0, 0.1) is 5.92 Å². The van der Waals surface area contributed by atoms with Crippen LogP contribution in [0.5, 0.6) is 0 Å². The number of aliphatic hydroxyl groups excluding tert-OH is 1. The van der Waals surface area contributed by atoms with Crippen molar-refractivity contribution in [2.24, 2.45) is 5.92 Å². The zero-order chi connectivity index (χ0) is 15.2. The highest BCUT2D eigenvalue weighted by Gasteiger charge is 2.33. The van der Waals surface area contributed by atoms with E-state index in [-0.39, 0.29) is 24.6 Å². The first-order valence-corrected chi connectivity index (χ1v) is 7.79. The van der Waals surface area contributed by atoms with Gasteiger partial charge in [-0.25, -0.2) is 0 Å². The number of amides is 1. The van der Waals surface area contributed by atoms with Crippen molar-refractivity contribution >= 4 is 5.91 Å². The Morgan fingerprint density at radius 2 is 2.05 bits per heavy atom. The molecule has 2 rings (SSSR count). The molecule has 0 saturated carbocycles. The van der Waals surface area contributed by atoms with Crippen LogP contribution >= 0.6 is 0 Å². The van der Waals surface area contributed by atoms with Crippen molar-refractivity contribution in [2.75, 3.05) is 19.7 Å². The zero-order valence-corrected chi connectivity index (χ0v) is 13.0. The van der Waals surface area contributed by atoms with Crippen molar-refractivity contribution < 1.29 is 9.90 Å². The standard InChI is InChI=1S/C17H26N2O2/c1-13(2)8-9-19-11-15(12-20)18-16(17(19)21)10-14-6-4-3-5-7-14/h3-7,13,15-16,18,20H,8-12H2,1-2H3/t15-,16+/m1/s1. The molecule has 1 heterocycles. The first-order chi connectivity index (χ1) is 10.1. The summed E-state index contributed by atoms with van der Waals surface area (Å²) in [6.07, 6.45) is 1.68. The molecule has 0 radical (unpaired) electrons. The number of benzene rings is 1. The molecule has 0 aromatic heterocycles. The maximum atomic E-state index is 12.6. The second kappa shape index (κ2) is 7.57. The molecule has 21 heavy (non-hydrogen) atoms. The third-order valence-corrected chi connectivity index (χ3v) is 3.97. The van der Waals surface area contributed by atoms with Crippen LogP contribution in [0.15, 0.2) is 30.3 Å². The second-order valence-corrected chi connectivity index (χ2v) is 6.26. The minimum atomic E-state index is -0.231. The zero-order valence-electron chi connectivity index (χ0n) is 13.0. The van der Waals surface area contributed by atoms with Crippen LogP contribution in [0.2, 0.25) is 0 Å². The average molecular weight is 290 g/mol. The molecular weight excluding hydrogens is 264 g/mol. The third kappa shape index (κ3) is 4.55. The van der Waals surface area contributed by atoms with Crippen molar-refractivity contribution in [3.63, 3.8) is 0 Å². The molecule has 0 unspecified atom stereocenters. The highest BCUT2D eigenvalue weighted by atomic mass is 16.3. The molecule has 1 aromatic rings. The number of carbonyl (C=O) groups is 1. The highest BCUT2D eigenvalue weighted by Crippen LogP contribution is 2.13. The normalized spacial score (nSPS) is 22.9. The lowest BCUT2D eigenvalue weighted by Gasteiger charge is -2.38. The number of rotatable bonds is 6. The molecule has 1 aliphatic rings. The van der Waals surface area contributed by atoms with Crippen molar-refractivity contribution in [2.45, 2.75) is 38.8 Å². The summed E-state index contributed by atoms with van der Waals surface area (Å²) in [7, 11) is 0. The van der Waals surface area contributed by atoms with E-state index < -0.39 is 0 Å². The Morgan fingerprint density at radius 1 is 1.33 bits per heavy atom. The monoisotopic (exact) mass is 290 g/mol. The maximum Gasteiger partial charge on any atom is 0.240 e. The van der Waals surface area contributed by atoms with E-state index in [1.165, 1.54) is 0 Å². The summed E-state index contributed by atoms with van der Waals surface area (Å²) in [6, 6.07) is 9.77. The molecule has 1 aromatic carbocycles. The lowest BCUT2D eigenvalue weighted by molar-refractivity contribution is -0.137. The van der Waals surface area contributed by atoms with E-state index >= 15 is 0 Å². The minimum Gasteiger partial charge on any atom is -0.395 e. The number of carbonyl (C=O) groups excluding carboxylic acids is 1. The Kier molecular flexibility index (Phi) is 5.76. The van der Waals surface area contributed by atoms with Crippen LogP contribution in [-0.2, 0) is 11.2 Å². The molecule has 2 atom stereocenters. The lowest BCUT2D eigenvalue weighted by Crippen LogP contribution is -2.61. The van der Waals surface area contributed by atoms with Gasteiger partial charge in [-0.1, -0.05) is 44.2 Å². The predicted molar refractivity (Wildman–Crippen MR) is 84.0 cm³/mol. The summed E-state index contributed by atoms with van der Waals surface area (Å²) in [6.45, 7) is 5.78. The highest BCUT2D eigenvalue weighted by molar-refractivity contribution is 5.83. The molecule has 2 N–H and O–H groups in total. The van der Waals surface area contributed by atoms with Gasteiger partial charge in [0.25, 0.3) is 0 Å². The Labute approximate surface area is 127 Å². The van der Waals surface area contributed by atoms with Crippen LogP contribution < -0.4 is 5.32 Å². The van der Waals surface area contributed by atoms with Gasteiger partial charge >= 0.3 is 0 Å². The summed E-state index contributed by atoms with van der Waals surface area (Å²) in [5, 5.41) is 12.7. The van der Waals surface area contributed by atoms with Crippen molar-refractivity contribution in [3.8, 4) is 0 Å². The van der Waals surface area contributed by atoms with Crippen molar-refractivity contribution in [1.82, 2.24) is 10.2 Å². The third-order valence-electron chi connectivity index (χ3n) is 3.97. The minimum absolute atomic E-state index is 0.0245. The quantitative estimate of drug-likeness (QED) is 0.833. The number of hydrogen-bond acceptors (Lipinski definition) is 3. The predicted octanol–water partition coefficient (Wildman–Crippen LogP) is 1.44. The first kappa shape index (κ1) is 16.0. The summed E-state index contributed by atoms with van der Waals surface area (Å²) in [5.41, 5.74) is 1.14. The lowest BCUT2D eigenvalue weighted by atomic mass is 10.00. The molecule has 0 bridgehead atoms. The van der Waals surface area contributed by atoms with Gasteiger partial charge in [0.05, 0.1) is 12.6 Å². The number of aliphatic hydroxyl groups is 1. The van der Waals surface area contributed by atoms with Gasteiger partial charge in [0.2, 0.25) is 5.91 Å². The van der Waals surface area contributed by atoms with Gasteiger partial charge in [-0.3, -0.25) is 10.1 Å². The summed E-state index contributed by atoms with van der Waals surface area (Å²) >= 11 is 0. The van der Waals surface area contributed by atoms with Crippen LogP contribution in [-0.4, -0.2) is 47.7 Å². The van der Waals surface area contributed by atoms with Gasteiger partial charge in [-0.15, -0.1) is 0 Å². The molecule has 1 saturated heterocycles. The summed E-state index contributed by atoms with van der Waals surface area (Å²) in [5.74, 6) is 0.733. The summed E-state index contributed by atoms with van der Waals surface area (Å²) < 4.78 is 0. The van der Waals surface area contributed by atoms with Gasteiger partial charge in [-0.2, -0.15) is 0 Å². The molecule has 4 nitrogen and oxygen atoms in total. The number of piperazine rings is 1. The van der Waals surface area contributed by atoms with E-state index in [9.17, 15) is 9.90 Å². The number of nitrogens with zero attached hydrogens (tertiary/aromatic N) is 1. The van der Waals surface area contributed by atoms with Gasteiger partial charge in [0.15, 0.2) is 0 Å². The van der Waals surface area contributed by atoms with E-state index in [2.05, 4.69) is 19.2 Å². The van der Waals surface area contributed by atoms with E-state index in [0.29, 0.717) is 18.9 Å². The first-order valence-electron chi connectivity index (χ1n) is 7.79. The number of nitrogens with one attached hydrogen (secondary N) is 1. The molecule has 1 aliphatic heterocycles. The summed E-state index contributed by atoms with van der Waals surface area (Å²) in [4.78, 5) is 14.5. The fourth-order valence-electron chi connectivity index (χ4n) is 2.71. The van der Waals surface area contributed by atoms with Gasteiger partial charge in [-0.05, 0) is 24.3 Å². The largest absolute Gasteiger partial charge is 0.395 e. The maximum absolute atomic E-state index is 12.6. The van der Waals surface area contributed by atoms with Gasteiger partial charge in [0, 0.05) is 19.1 Å². The van der Waals surface area contributed by atoms with E-state index in [4.69, 9.17) is 0 Å². The van der Waals surface area contributed by atoms with E-state index in [1.807, 2.05) is 35.2 Å². The Bertz CT molecular complexity index is 447. The number of hydrogen-bond donors (Lipinski definition) is 2. The molecule has 1 fully saturated rings. The van der Waals surface area contributed by atoms with Gasteiger partial charge < -0.3 is 10.0 Å². The Balaban J connectivity index is 2.03. The average Bonchev–Trinajstić information content (AvgIpc) is 2.49. The van der Waals surface area contributed by atoms with E-state index in [0.717, 1.165) is 18.5 Å². The smallest absolute Gasteiger partial charge is 0.240 e. The fourth-order valence-corrected chi connectivity index (χ4v) is 2.71. The molecule has 1 amide bonds. The second-order valence-electron chi connectivity index (χ2n) is 6.26. The Morgan fingerprint density at radius 3 is 2.67 bits per heavy atom. The van der Waals surface area contributed by atoms with Crippen molar-refractivity contribution in [1.29, 1.82) is 0 Å². The molecule has 116 valence electrons. The topological polar surface area (TPSA) is 52.6 Å². The van der Waals surface area contributed by atoms with Crippen LogP contribution in [0.3, 0.4) is 0 Å². The van der Waals surface area contributed by atoms with Gasteiger partial charge in [0.1, 0.15) is 0 Å². The van der Waals surface area contributed by atoms with Crippen LogP contribution in [0.1, 0.15) is 25.8 Å². The fraction of sp³-hybridized carbons (Fsp3) is 0.588. The molecule has 0 spiro atoms.